The van der Waals surface area contributed by atoms with Gasteiger partial charge >= 0.3 is 0 Å². The van der Waals surface area contributed by atoms with Crippen molar-refractivity contribution in [2.45, 2.75) is 37.4 Å². The molecule has 1 aliphatic rings. The summed E-state index contributed by atoms with van der Waals surface area (Å²) in [5, 5.41) is 42.7. The molecular formula is C15H18N2O6. The third-order valence-corrected chi connectivity index (χ3v) is 3.89. The topological polar surface area (TPSA) is 129 Å². The Morgan fingerprint density at radius 3 is 2.39 bits per heavy atom. The first-order valence-corrected chi connectivity index (χ1v) is 7.22. The Bertz CT molecular complexity index is 656. The van der Waals surface area contributed by atoms with Crippen molar-refractivity contribution in [2.24, 2.45) is 0 Å². The van der Waals surface area contributed by atoms with Crippen LogP contribution >= 0.6 is 0 Å². The van der Waals surface area contributed by atoms with Gasteiger partial charge in [-0.2, -0.15) is 4.98 Å². The van der Waals surface area contributed by atoms with Crippen molar-refractivity contribution in [1.29, 1.82) is 0 Å². The van der Waals surface area contributed by atoms with Gasteiger partial charge in [0.05, 0.1) is 6.61 Å². The SMILES string of the molecule is Cc1ccc(-c2noc([C@@H]3O[C@H](CO)[C@@H](O)[C@H](O)[C@H]3O)n2)cc1. The number of aryl methyl sites for hydroxylation is 1. The van der Waals surface area contributed by atoms with Gasteiger partial charge in [-0.05, 0) is 6.92 Å². The van der Waals surface area contributed by atoms with Crippen LogP contribution in [0.1, 0.15) is 17.6 Å². The minimum Gasteiger partial charge on any atom is -0.394 e. The molecule has 1 saturated heterocycles. The Kier molecular flexibility index (Phi) is 4.42. The molecule has 0 amide bonds. The van der Waals surface area contributed by atoms with E-state index in [0.717, 1.165) is 11.1 Å². The second-order valence-corrected chi connectivity index (χ2v) is 5.57. The lowest BCUT2D eigenvalue weighted by Gasteiger charge is -2.38. The number of aromatic nitrogens is 2. The number of hydrogen-bond acceptors (Lipinski definition) is 8. The van der Waals surface area contributed by atoms with Crippen molar-refractivity contribution in [3.8, 4) is 11.4 Å². The average molecular weight is 322 g/mol. The Morgan fingerprint density at radius 2 is 1.74 bits per heavy atom. The standard InChI is InChI=1S/C15H18N2O6/c1-7-2-4-8(5-3-7)14-16-15(23-17-14)13-12(21)11(20)10(19)9(6-18)22-13/h2-5,9-13,18-21H,6H2,1H3/t9-,10-,11+,12-,13-/m1/s1. The number of ether oxygens (including phenoxy) is 1. The molecule has 0 aliphatic carbocycles. The van der Waals surface area contributed by atoms with Crippen LogP contribution in [-0.2, 0) is 4.74 Å². The van der Waals surface area contributed by atoms with E-state index in [0.29, 0.717) is 5.82 Å². The summed E-state index contributed by atoms with van der Waals surface area (Å²) in [7, 11) is 0. The molecule has 4 N–H and O–H groups in total. The highest BCUT2D eigenvalue weighted by molar-refractivity contribution is 5.54. The average Bonchev–Trinajstić information content (AvgIpc) is 3.03. The Morgan fingerprint density at radius 1 is 1.04 bits per heavy atom. The molecule has 2 aromatic rings. The van der Waals surface area contributed by atoms with Gasteiger partial charge in [0.1, 0.15) is 24.4 Å². The first-order valence-electron chi connectivity index (χ1n) is 7.22. The number of nitrogens with zero attached hydrogens (tertiary/aromatic N) is 2. The van der Waals surface area contributed by atoms with E-state index in [1.807, 2.05) is 31.2 Å². The van der Waals surface area contributed by atoms with E-state index in [4.69, 9.17) is 9.26 Å². The molecule has 23 heavy (non-hydrogen) atoms. The van der Waals surface area contributed by atoms with Crippen molar-refractivity contribution in [3.05, 3.63) is 35.7 Å². The van der Waals surface area contributed by atoms with Gasteiger partial charge in [0.15, 0.2) is 6.10 Å². The third-order valence-electron chi connectivity index (χ3n) is 3.89. The molecule has 0 spiro atoms. The van der Waals surface area contributed by atoms with Crippen LogP contribution in [0, 0.1) is 6.92 Å². The molecule has 0 unspecified atom stereocenters. The molecule has 0 saturated carbocycles. The van der Waals surface area contributed by atoms with E-state index in [1.165, 1.54) is 0 Å². The summed E-state index contributed by atoms with van der Waals surface area (Å²) in [6.45, 7) is 1.44. The van der Waals surface area contributed by atoms with Crippen LogP contribution < -0.4 is 0 Å². The van der Waals surface area contributed by atoms with E-state index < -0.39 is 37.1 Å². The molecule has 0 radical (unpaired) electrons. The van der Waals surface area contributed by atoms with Gasteiger partial charge in [0.2, 0.25) is 5.82 Å². The maximum atomic E-state index is 10.0. The predicted molar refractivity (Wildman–Crippen MR) is 77.2 cm³/mol. The maximum absolute atomic E-state index is 10.0. The number of aliphatic hydroxyl groups is 4. The first kappa shape index (κ1) is 16.0. The molecular weight excluding hydrogens is 304 g/mol. The van der Waals surface area contributed by atoms with Gasteiger partial charge in [-0.25, -0.2) is 0 Å². The zero-order valence-corrected chi connectivity index (χ0v) is 12.4. The van der Waals surface area contributed by atoms with Crippen LogP contribution in [0.15, 0.2) is 28.8 Å². The lowest BCUT2D eigenvalue weighted by atomic mass is 9.95. The highest BCUT2D eigenvalue weighted by Gasteiger charge is 2.46. The molecule has 1 aromatic carbocycles. The second kappa shape index (κ2) is 6.34. The zero-order valence-electron chi connectivity index (χ0n) is 12.4. The van der Waals surface area contributed by atoms with Crippen LogP contribution in [0.5, 0.6) is 0 Å². The van der Waals surface area contributed by atoms with E-state index >= 15 is 0 Å². The fourth-order valence-electron chi connectivity index (χ4n) is 2.48. The summed E-state index contributed by atoms with van der Waals surface area (Å²) < 4.78 is 10.5. The van der Waals surface area contributed by atoms with Gasteiger partial charge in [-0.15, -0.1) is 0 Å². The summed E-state index contributed by atoms with van der Waals surface area (Å²) in [5.41, 5.74) is 1.82. The molecule has 1 aromatic heterocycles. The van der Waals surface area contributed by atoms with Gasteiger partial charge in [0, 0.05) is 5.56 Å². The summed E-state index contributed by atoms with van der Waals surface area (Å²) in [6, 6.07) is 7.47. The van der Waals surface area contributed by atoms with Crippen LogP contribution in [-0.4, -0.2) is 61.6 Å². The summed E-state index contributed by atoms with van der Waals surface area (Å²) in [5.74, 6) is 0.287. The van der Waals surface area contributed by atoms with Gasteiger partial charge in [-0.3, -0.25) is 0 Å². The molecule has 0 bridgehead atoms. The normalized spacial score (nSPS) is 31.3. The fourth-order valence-corrected chi connectivity index (χ4v) is 2.48. The van der Waals surface area contributed by atoms with Crippen LogP contribution in [0.2, 0.25) is 0 Å². The predicted octanol–water partition coefficient (Wildman–Crippen LogP) is -0.440. The second-order valence-electron chi connectivity index (χ2n) is 5.57. The van der Waals surface area contributed by atoms with Gasteiger partial charge < -0.3 is 29.7 Å². The Balaban J connectivity index is 1.85. The van der Waals surface area contributed by atoms with Crippen molar-refractivity contribution in [1.82, 2.24) is 10.1 Å². The Hall–Kier alpha value is -1.84. The lowest BCUT2D eigenvalue weighted by Crippen LogP contribution is -2.55. The number of aliphatic hydroxyl groups excluding tert-OH is 4. The summed E-state index contributed by atoms with van der Waals surface area (Å²) in [4.78, 5) is 4.18. The van der Waals surface area contributed by atoms with Crippen molar-refractivity contribution >= 4 is 0 Å². The first-order chi connectivity index (χ1) is 11.0. The van der Waals surface area contributed by atoms with Crippen LogP contribution in [0.25, 0.3) is 11.4 Å². The highest BCUT2D eigenvalue weighted by Crippen LogP contribution is 2.32. The molecule has 2 heterocycles. The van der Waals surface area contributed by atoms with E-state index in [1.54, 1.807) is 0 Å². The van der Waals surface area contributed by atoms with Crippen molar-refractivity contribution in [2.75, 3.05) is 6.61 Å². The van der Waals surface area contributed by atoms with E-state index in [2.05, 4.69) is 10.1 Å². The molecule has 124 valence electrons. The number of hydrogen-bond donors (Lipinski definition) is 4. The van der Waals surface area contributed by atoms with Crippen LogP contribution in [0.3, 0.4) is 0 Å². The van der Waals surface area contributed by atoms with Gasteiger partial charge in [-0.1, -0.05) is 35.0 Å². The quantitative estimate of drug-likeness (QED) is 0.598. The largest absolute Gasteiger partial charge is 0.394 e. The monoisotopic (exact) mass is 322 g/mol. The summed E-state index contributed by atoms with van der Waals surface area (Å²) in [6.07, 6.45) is -6.50. The highest BCUT2D eigenvalue weighted by atomic mass is 16.6. The molecule has 1 fully saturated rings. The maximum Gasteiger partial charge on any atom is 0.258 e. The fraction of sp³-hybridized carbons (Fsp3) is 0.467. The van der Waals surface area contributed by atoms with Crippen molar-refractivity contribution in [3.63, 3.8) is 0 Å². The molecule has 5 atom stereocenters. The van der Waals surface area contributed by atoms with E-state index in [-0.39, 0.29) is 5.89 Å². The third kappa shape index (κ3) is 2.99. The Labute approximate surface area is 132 Å². The minimum atomic E-state index is -1.49. The van der Waals surface area contributed by atoms with Crippen LogP contribution in [0.4, 0.5) is 0 Å². The molecule has 1 aliphatic heterocycles. The smallest absolute Gasteiger partial charge is 0.258 e. The van der Waals surface area contributed by atoms with Gasteiger partial charge in [0.25, 0.3) is 5.89 Å². The minimum absolute atomic E-state index is 0.0301. The number of benzene rings is 1. The molecule has 8 nitrogen and oxygen atoms in total. The zero-order chi connectivity index (χ0) is 16.6. The van der Waals surface area contributed by atoms with Crippen molar-refractivity contribution < 1.29 is 29.7 Å². The summed E-state index contributed by atoms with van der Waals surface area (Å²) >= 11 is 0. The molecule has 8 heteroatoms. The number of rotatable bonds is 3. The molecule has 3 rings (SSSR count). The lowest BCUT2D eigenvalue weighted by molar-refractivity contribution is -0.237. The van der Waals surface area contributed by atoms with E-state index in [9.17, 15) is 20.4 Å².